The van der Waals surface area contributed by atoms with Crippen LogP contribution in [-0.2, 0) is 7.05 Å². The summed E-state index contributed by atoms with van der Waals surface area (Å²) < 4.78 is 2.11. The Balaban J connectivity index is 1.60. The predicted octanol–water partition coefficient (Wildman–Crippen LogP) is 3.67. The summed E-state index contributed by atoms with van der Waals surface area (Å²) in [5.41, 5.74) is 11.1. The van der Waals surface area contributed by atoms with Crippen molar-refractivity contribution in [3.63, 3.8) is 0 Å². The Morgan fingerprint density at radius 1 is 1.07 bits per heavy atom. The number of hydrogen-bond donors (Lipinski definition) is 4. The van der Waals surface area contributed by atoms with E-state index in [0.717, 1.165) is 29.6 Å². The lowest BCUT2D eigenvalue weighted by atomic mass is 10.0. The summed E-state index contributed by atoms with van der Waals surface area (Å²) in [7, 11) is 2.04. The van der Waals surface area contributed by atoms with E-state index >= 15 is 0 Å². The van der Waals surface area contributed by atoms with Crippen LogP contribution < -0.4 is 15.8 Å². The molecule has 2 aromatic carbocycles. The SMILES string of the molecule is Cc1cn(C)c2ccc(N3C(=S)NNC3c3cc(C4CC4)c(O)cc3O)cc12. The first-order valence-electron chi connectivity index (χ1n) is 9.40. The molecule has 1 aliphatic heterocycles. The number of benzene rings is 2. The second kappa shape index (κ2) is 6.12. The summed E-state index contributed by atoms with van der Waals surface area (Å²) in [6, 6.07) is 9.58. The molecule has 2 heterocycles. The molecule has 6 nitrogen and oxygen atoms in total. The van der Waals surface area contributed by atoms with Crippen LogP contribution in [0, 0.1) is 6.92 Å². The van der Waals surface area contributed by atoms with Crippen molar-refractivity contribution in [2.75, 3.05) is 4.90 Å². The van der Waals surface area contributed by atoms with Crippen molar-refractivity contribution in [3.8, 4) is 11.5 Å². The number of fused-ring (bicyclic) bond motifs is 1. The van der Waals surface area contributed by atoms with Crippen molar-refractivity contribution in [2.24, 2.45) is 7.05 Å². The topological polar surface area (TPSA) is 72.7 Å². The zero-order valence-electron chi connectivity index (χ0n) is 15.7. The van der Waals surface area contributed by atoms with Gasteiger partial charge in [0.1, 0.15) is 17.7 Å². The lowest BCUT2D eigenvalue weighted by molar-refractivity contribution is 0.433. The Morgan fingerprint density at radius 3 is 2.57 bits per heavy atom. The number of anilines is 1. The molecule has 7 heteroatoms. The third-order valence-corrected chi connectivity index (χ3v) is 6.03. The summed E-state index contributed by atoms with van der Waals surface area (Å²) in [5, 5.41) is 22.5. The quantitative estimate of drug-likeness (QED) is 0.508. The van der Waals surface area contributed by atoms with Gasteiger partial charge in [0.15, 0.2) is 5.11 Å². The van der Waals surface area contributed by atoms with Crippen molar-refractivity contribution in [2.45, 2.75) is 31.8 Å². The third kappa shape index (κ3) is 2.62. The normalized spacial score (nSPS) is 19.4. The maximum Gasteiger partial charge on any atom is 0.189 e. The van der Waals surface area contributed by atoms with Gasteiger partial charge in [-0.2, -0.15) is 0 Å². The summed E-state index contributed by atoms with van der Waals surface area (Å²) in [4.78, 5) is 1.96. The van der Waals surface area contributed by atoms with Crippen molar-refractivity contribution in [1.82, 2.24) is 15.4 Å². The van der Waals surface area contributed by atoms with Gasteiger partial charge in [0, 0.05) is 41.5 Å². The minimum Gasteiger partial charge on any atom is -0.508 e. The molecule has 28 heavy (non-hydrogen) atoms. The molecule has 3 aromatic rings. The monoisotopic (exact) mass is 394 g/mol. The zero-order valence-corrected chi connectivity index (χ0v) is 16.5. The number of aryl methyl sites for hydroxylation is 2. The number of hydrazine groups is 1. The predicted molar refractivity (Wildman–Crippen MR) is 113 cm³/mol. The maximum absolute atomic E-state index is 10.5. The van der Waals surface area contributed by atoms with Crippen LogP contribution in [0.3, 0.4) is 0 Å². The van der Waals surface area contributed by atoms with Crippen molar-refractivity contribution in [3.05, 3.63) is 53.2 Å². The van der Waals surface area contributed by atoms with Gasteiger partial charge in [0.05, 0.1) is 0 Å². The molecule has 1 saturated heterocycles. The number of phenolic OH excluding ortho intramolecular Hbond substituents is 2. The van der Waals surface area contributed by atoms with Crippen LogP contribution in [0.4, 0.5) is 5.69 Å². The van der Waals surface area contributed by atoms with Gasteiger partial charge in [-0.3, -0.25) is 10.3 Å². The Labute approximate surface area is 168 Å². The van der Waals surface area contributed by atoms with E-state index in [1.807, 2.05) is 24.1 Å². The molecule has 1 aromatic heterocycles. The lowest BCUT2D eigenvalue weighted by Crippen LogP contribution is -2.29. The van der Waals surface area contributed by atoms with E-state index in [2.05, 4.69) is 40.7 Å². The first kappa shape index (κ1) is 17.3. The molecule has 2 aliphatic rings. The summed E-state index contributed by atoms with van der Waals surface area (Å²) in [6.45, 7) is 2.09. The Hall–Kier alpha value is -2.77. The maximum atomic E-state index is 10.5. The number of aromatic hydroxyl groups is 2. The van der Waals surface area contributed by atoms with Gasteiger partial charge in [-0.05, 0) is 73.3 Å². The molecule has 1 atom stereocenters. The molecular weight excluding hydrogens is 372 g/mol. The number of rotatable bonds is 3. The molecule has 0 radical (unpaired) electrons. The van der Waals surface area contributed by atoms with Gasteiger partial charge in [-0.25, -0.2) is 5.43 Å². The van der Waals surface area contributed by atoms with Gasteiger partial charge in [0.25, 0.3) is 0 Å². The minimum absolute atomic E-state index is 0.0490. The molecule has 1 unspecified atom stereocenters. The lowest BCUT2D eigenvalue weighted by Gasteiger charge is -2.26. The van der Waals surface area contributed by atoms with E-state index in [1.54, 1.807) is 0 Å². The van der Waals surface area contributed by atoms with Crippen molar-refractivity contribution >= 4 is 33.9 Å². The van der Waals surface area contributed by atoms with E-state index in [9.17, 15) is 10.2 Å². The highest BCUT2D eigenvalue weighted by Gasteiger charge is 2.35. The van der Waals surface area contributed by atoms with Gasteiger partial charge in [0.2, 0.25) is 0 Å². The van der Waals surface area contributed by atoms with Crippen molar-refractivity contribution < 1.29 is 10.2 Å². The molecule has 2 fully saturated rings. The van der Waals surface area contributed by atoms with Gasteiger partial charge < -0.3 is 14.8 Å². The Kier molecular flexibility index (Phi) is 3.79. The van der Waals surface area contributed by atoms with E-state index in [1.165, 1.54) is 17.0 Å². The summed E-state index contributed by atoms with van der Waals surface area (Å²) >= 11 is 5.54. The number of thiocarbonyl (C=S) groups is 1. The van der Waals surface area contributed by atoms with Gasteiger partial charge in [-0.1, -0.05) is 0 Å². The van der Waals surface area contributed by atoms with E-state index in [4.69, 9.17) is 12.2 Å². The molecule has 0 amide bonds. The van der Waals surface area contributed by atoms with E-state index < -0.39 is 0 Å². The number of nitrogens with one attached hydrogen (secondary N) is 2. The molecule has 1 aliphatic carbocycles. The second-order valence-corrected chi connectivity index (χ2v) is 8.10. The highest BCUT2D eigenvalue weighted by atomic mass is 32.1. The van der Waals surface area contributed by atoms with Crippen LogP contribution >= 0.6 is 12.2 Å². The average Bonchev–Trinajstić information content (AvgIpc) is 3.37. The highest BCUT2D eigenvalue weighted by molar-refractivity contribution is 7.80. The molecule has 4 N–H and O–H groups in total. The Morgan fingerprint density at radius 2 is 1.82 bits per heavy atom. The molecule has 0 bridgehead atoms. The van der Waals surface area contributed by atoms with E-state index in [-0.39, 0.29) is 17.7 Å². The zero-order chi connectivity index (χ0) is 19.6. The molecule has 5 rings (SSSR count). The largest absolute Gasteiger partial charge is 0.508 e. The fourth-order valence-electron chi connectivity index (χ4n) is 4.13. The summed E-state index contributed by atoms with van der Waals surface area (Å²) in [5.74, 6) is 0.579. The van der Waals surface area contributed by atoms with Crippen LogP contribution in [0.15, 0.2) is 36.5 Å². The van der Waals surface area contributed by atoms with Crippen LogP contribution in [0.25, 0.3) is 10.9 Å². The third-order valence-electron chi connectivity index (χ3n) is 5.73. The average molecular weight is 395 g/mol. The fourth-order valence-corrected chi connectivity index (χ4v) is 4.40. The second-order valence-electron chi connectivity index (χ2n) is 7.72. The van der Waals surface area contributed by atoms with E-state index in [0.29, 0.717) is 16.6 Å². The standard InChI is InChI=1S/C21H22N4O2S/c1-11-10-24(2)17-6-5-13(7-14(11)17)25-20(22-23-21(25)28)16-8-15(12-3-4-12)18(26)9-19(16)27/h5-10,12,20,22,26-27H,3-4H2,1-2H3,(H,23,28). The minimum atomic E-state index is -0.368. The van der Waals surface area contributed by atoms with Crippen LogP contribution in [0.2, 0.25) is 0 Å². The van der Waals surface area contributed by atoms with Gasteiger partial charge in [-0.15, -0.1) is 0 Å². The van der Waals surface area contributed by atoms with Crippen LogP contribution in [0.1, 0.15) is 41.6 Å². The molecular formula is C21H22N4O2S. The number of nitrogens with zero attached hydrogens (tertiary/aromatic N) is 2. The molecule has 0 spiro atoms. The van der Waals surface area contributed by atoms with Crippen LogP contribution in [-0.4, -0.2) is 19.9 Å². The fraction of sp³-hybridized carbons (Fsp3) is 0.286. The molecule has 144 valence electrons. The van der Waals surface area contributed by atoms with Crippen molar-refractivity contribution in [1.29, 1.82) is 0 Å². The Bertz CT molecular complexity index is 1120. The van der Waals surface area contributed by atoms with Crippen LogP contribution in [0.5, 0.6) is 11.5 Å². The first-order valence-corrected chi connectivity index (χ1v) is 9.81. The van der Waals surface area contributed by atoms with Gasteiger partial charge >= 0.3 is 0 Å². The first-order chi connectivity index (χ1) is 13.4. The number of phenols is 2. The smallest absolute Gasteiger partial charge is 0.189 e. The molecule has 1 saturated carbocycles. The number of hydrogen-bond acceptors (Lipinski definition) is 4. The summed E-state index contributed by atoms with van der Waals surface area (Å²) in [6.07, 6.45) is 3.88. The number of aromatic nitrogens is 1. The highest BCUT2D eigenvalue weighted by Crippen LogP contribution is 2.47.